The summed E-state index contributed by atoms with van der Waals surface area (Å²) in [6.45, 7) is 14.9. The molecule has 15 heavy (non-hydrogen) atoms. The maximum absolute atomic E-state index is 5.28. The molecule has 0 aromatic rings. The minimum absolute atomic E-state index is 0.632. The fourth-order valence-electron chi connectivity index (χ4n) is 1.73. The molecule has 1 unspecified atom stereocenters. The Morgan fingerprint density at radius 2 is 1.87 bits per heavy atom. The molecule has 3 nitrogen and oxygen atoms in total. The van der Waals surface area contributed by atoms with Gasteiger partial charge < -0.3 is 10.1 Å². The number of nitrogens with one attached hydrogen (secondary N) is 1. The van der Waals surface area contributed by atoms with Gasteiger partial charge in [-0.25, -0.2) is 0 Å². The van der Waals surface area contributed by atoms with Gasteiger partial charge in [-0.2, -0.15) is 0 Å². The zero-order valence-corrected chi connectivity index (χ0v) is 10.9. The number of ether oxygens (including phenoxy) is 1. The lowest BCUT2D eigenvalue weighted by molar-refractivity contribution is 0.143. The summed E-state index contributed by atoms with van der Waals surface area (Å²) in [5.74, 6) is 0. The molecule has 0 saturated heterocycles. The second kappa shape index (κ2) is 10.4. The number of rotatable bonds is 10. The van der Waals surface area contributed by atoms with Gasteiger partial charge in [0.05, 0.1) is 0 Å². The first-order valence-electron chi connectivity index (χ1n) is 6.28. The minimum atomic E-state index is 0.632. The molecule has 0 aromatic heterocycles. The molecule has 3 heteroatoms. The Kier molecular flexibility index (Phi) is 10.3. The van der Waals surface area contributed by atoms with E-state index in [9.17, 15) is 0 Å². The van der Waals surface area contributed by atoms with Crippen molar-refractivity contribution in [2.75, 3.05) is 39.4 Å². The van der Waals surface area contributed by atoms with Crippen molar-refractivity contribution in [1.82, 2.24) is 10.2 Å². The fraction of sp³-hybridized carbons (Fsp3) is 1.00. The van der Waals surface area contributed by atoms with Crippen molar-refractivity contribution in [1.29, 1.82) is 0 Å². The first kappa shape index (κ1) is 14.9. The highest BCUT2D eigenvalue weighted by molar-refractivity contribution is 4.66. The molecule has 0 amide bonds. The predicted molar refractivity (Wildman–Crippen MR) is 66.4 cm³/mol. The molecular weight excluding hydrogens is 188 g/mol. The van der Waals surface area contributed by atoms with Gasteiger partial charge in [-0.05, 0) is 39.9 Å². The van der Waals surface area contributed by atoms with Gasteiger partial charge in [0.15, 0.2) is 0 Å². The van der Waals surface area contributed by atoms with E-state index in [4.69, 9.17) is 4.74 Å². The number of hydrogen-bond donors (Lipinski definition) is 1. The normalized spacial score (nSPS) is 13.4. The third-order valence-electron chi connectivity index (χ3n) is 2.72. The van der Waals surface area contributed by atoms with E-state index in [-0.39, 0.29) is 0 Å². The molecule has 0 aliphatic rings. The van der Waals surface area contributed by atoms with Gasteiger partial charge in [0.1, 0.15) is 0 Å². The molecule has 0 saturated carbocycles. The van der Waals surface area contributed by atoms with Crippen LogP contribution in [0.25, 0.3) is 0 Å². The Balaban J connectivity index is 3.33. The summed E-state index contributed by atoms with van der Waals surface area (Å²) in [7, 11) is 0. The van der Waals surface area contributed by atoms with Crippen LogP contribution in [0.3, 0.4) is 0 Å². The highest BCUT2D eigenvalue weighted by atomic mass is 16.5. The maximum atomic E-state index is 5.28. The SMILES string of the molecule is CCOCCCNCC(C)N(CC)CC. The molecule has 1 N–H and O–H groups in total. The van der Waals surface area contributed by atoms with E-state index in [1.165, 1.54) is 0 Å². The highest BCUT2D eigenvalue weighted by Crippen LogP contribution is 1.96. The van der Waals surface area contributed by atoms with Crippen LogP contribution in [0.2, 0.25) is 0 Å². The largest absolute Gasteiger partial charge is 0.382 e. The third kappa shape index (κ3) is 7.77. The average molecular weight is 216 g/mol. The predicted octanol–water partition coefficient (Wildman–Crippen LogP) is 1.73. The molecule has 0 rings (SSSR count). The van der Waals surface area contributed by atoms with Crippen LogP contribution in [0.1, 0.15) is 34.1 Å². The Hall–Kier alpha value is -0.120. The first-order valence-corrected chi connectivity index (χ1v) is 6.28. The van der Waals surface area contributed by atoms with Gasteiger partial charge in [0.2, 0.25) is 0 Å². The second-order valence-corrected chi connectivity index (χ2v) is 3.82. The van der Waals surface area contributed by atoms with Crippen LogP contribution < -0.4 is 5.32 Å². The summed E-state index contributed by atoms with van der Waals surface area (Å²) < 4.78 is 5.28. The van der Waals surface area contributed by atoms with E-state index >= 15 is 0 Å². The zero-order chi connectivity index (χ0) is 11.5. The Labute approximate surface area is 95.2 Å². The van der Waals surface area contributed by atoms with Crippen LogP contribution in [0, 0.1) is 0 Å². The standard InChI is InChI=1S/C12H28N2O/c1-5-14(6-2)12(4)11-13-9-8-10-15-7-3/h12-13H,5-11H2,1-4H3. The molecule has 0 spiro atoms. The van der Waals surface area contributed by atoms with Gasteiger partial charge >= 0.3 is 0 Å². The lowest BCUT2D eigenvalue weighted by Gasteiger charge is -2.26. The average Bonchev–Trinajstić information content (AvgIpc) is 2.25. The molecule has 1 atom stereocenters. The third-order valence-corrected chi connectivity index (χ3v) is 2.72. The van der Waals surface area contributed by atoms with Crippen molar-refractivity contribution in [3.05, 3.63) is 0 Å². The van der Waals surface area contributed by atoms with Crippen LogP contribution in [0.5, 0.6) is 0 Å². The van der Waals surface area contributed by atoms with Gasteiger partial charge in [-0.1, -0.05) is 13.8 Å². The molecule has 0 bridgehead atoms. The van der Waals surface area contributed by atoms with E-state index in [0.29, 0.717) is 6.04 Å². The topological polar surface area (TPSA) is 24.5 Å². The van der Waals surface area contributed by atoms with Crippen LogP contribution in [-0.4, -0.2) is 50.3 Å². The summed E-state index contributed by atoms with van der Waals surface area (Å²) in [4.78, 5) is 2.47. The summed E-state index contributed by atoms with van der Waals surface area (Å²) in [6.07, 6.45) is 1.11. The number of hydrogen-bond acceptors (Lipinski definition) is 3. The summed E-state index contributed by atoms with van der Waals surface area (Å²) in [5, 5.41) is 3.47. The molecule has 0 aliphatic carbocycles. The summed E-state index contributed by atoms with van der Waals surface area (Å²) in [5.41, 5.74) is 0. The second-order valence-electron chi connectivity index (χ2n) is 3.82. The molecule has 0 radical (unpaired) electrons. The molecule has 0 heterocycles. The lowest BCUT2D eigenvalue weighted by atomic mass is 10.2. The van der Waals surface area contributed by atoms with Crippen LogP contribution in [0.15, 0.2) is 0 Å². The zero-order valence-electron chi connectivity index (χ0n) is 10.9. The molecule has 0 aliphatic heterocycles. The fourth-order valence-corrected chi connectivity index (χ4v) is 1.73. The van der Waals surface area contributed by atoms with E-state index in [2.05, 4.69) is 31.0 Å². The van der Waals surface area contributed by atoms with Crippen molar-refractivity contribution < 1.29 is 4.74 Å². The molecule has 0 fully saturated rings. The van der Waals surface area contributed by atoms with Crippen molar-refractivity contribution in [2.45, 2.75) is 40.2 Å². The Morgan fingerprint density at radius 3 is 2.40 bits per heavy atom. The van der Waals surface area contributed by atoms with Crippen LogP contribution in [0.4, 0.5) is 0 Å². The molecule has 92 valence electrons. The smallest absolute Gasteiger partial charge is 0.0477 e. The summed E-state index contributed by atoms with van der Waals surface area (Å²) >= 11 is 0. The van der Waals surface area contributed by atoms with Gasteiger partial charge in [0, 0.05) is 25.8 Å². The molecular formula is C12H28N2O. The first-order chi connectivity index (χ1) is 7.26. The van der Waals surface area contributed by atoms with Crippen molar-refractivity contribution in [3.63, 3.8) is 0 Å². The van der Waals surface area contributed by atoms with Crippen LogP contribution in [-0.2, 0) is 4.74 Å². The monoisotopic (exact) mass is 216 g/mol. The Bertz CT molecular complexity index is 127. The van der Waals surface area contributed by atoms with E-state index < -0.39 is 0 Å². The van der Waals surface area contributed by atoms with E-state index in [0.717, 1.165) is 45.8 Å². The number of likely N-dealkylation sites (N-methyl/N-ethyl adjacent to an activating group) is 1. The highest BCUT2D eigenvalue weighted by Gasteiger charge is 2.08. The van der Waals surface area contributed by atoms with Gasteiger partial charge in [-0.15, -0.1) is 0 Å². The maximum Gasteiger partial charge on any atom is 0.0477 e. The summed E-state index contributed by atoms with van der Waals surface area (Å²) in [6, 6.07) is 0.632. The number of nitrogens with zero attached hydrogens (tertiary/aromatic N) is 1. The minimum Gasteiger partial charge on any atom is -0.382 e. The quantitative estimate of drug-likeness (QED) is 0.563. The lowest BCUT2D eigenvalue weighted by Crippen LogP contribution is -2.40. The van der Waals surface area contributed by atoms with Crippen molar-refractivity contribution in [2.24, 2.45) is 0 Å². The van der Waals surface area contributed by atoms with E-state index in [1.807, 2.05) is 6.92 Å². The Morgan fingerprint density at radius 1 is 1.20 bits per heavy atom. The van der Waals surface area contributed by atoms with Gasteiger partial charge in [-0.3, -0.25) is 4.90 Å². The van der Waals surface area contributed by atoms with Crippen molar-refractivity contribution >= 4 is 0 Å². The van der Waals surface area contributed by atoms with Gasteiger partial charge in [0.25, 0.3) is 0 Å². The van der Waals surface area contributed by atoms with Crippen molar-refractivity contribution in [3.8, 4) is 0 Å². The molecule has 0 aromatic carbocycles. The van der Waals surface area contributed by atoms with Crippen LogP contribution >= 0.6 is 0 Å². The van der Waals surface area contributed by atoms with E-state index in [1.54, 1.807) is 0 Å².